The highest BCUT2D eigenvalue weighted by atomic mass is 19.2. The number of halogens is 3. The molecule has 0 aliphatic rings. The summed E-state index contributed by atoms with van der Waals surface area (Å²) in [5, 5.41) is 7.17. The SMILES string of the molecule is CCC(C)n1ccc(CNc2cc(F)c(F)c(F)c2)n1. The summed E-state index contributed by atoms with van der Waals surface area (Å²) in [5.41, 5.74) is 0.926. The summed E-state index contributed by atoms with van der Waals surface area (Å²) in [6.45, 7) is 4.43. The maximum atomic E-state index is 13.0. The second kappa shape index (κ2) is 5.98. The molecule has 1 aromatic carbocycles. The van der Waals surface area contributed by atoms with Gasteiger partial charge >= 0.3 is 0 Å². The van der Waals surface area contributed by atoms with Crippen LogP contribution in [-0.2, 0) is 6.54 Å². The minimum atomic E-state index is -1.46. The topological polar surface area (TPSA) is 29.9 Å². The Labute approximate surface area is 115 Å². The van der Waals surface area contributed by atoms with E-state index in [1.54, 1.807) is 0 Å². The molecule has 0 aliphatic heterocycles. The van der Waals surface area contributed by atoms with Crippen LogP contribution in [0, 0.1) is 17.5 Å². The van der Waals surface area contributed by atoms with Gasteiger partial charge in [-0.15, -0.1) is 0 Å². The van der Waals surface area contributed by atoms with Crippen molar-refractivity contribution in [1.82, 2.24) is 9.78 Å². The van der Waals surface area contributed by atoms with Gasteiger partial charge in [-0.3, -0.25) is 4.68 Å². The molecule has 1 unspecified atom stereocenters. The Morgan fingerprint density at radius 2 is 1.90 bits per heavy atom. The zero-order valence-corrected chi connectivity index (χ0v) is 11.3. The van der Waals surface area contributed by atoms with Crippen LogP contribution in [0.1, 0.15) is 32.0 Å². The molecule has 1 heterocycles. The van der Waals surface area contributed by atoms with E-state index in [-0.39, 0.29) is 5.69 Å². The summed E-state index contributed by atoms with van der Waals surface area (Å²) in [4.78, 5) is 0. The Hall–Kier alpha value is -1.98. The van der Waals surface area contributed by atoms with Crippen LogP contribution in [0.15, 0.2) is 24.4 Å². The molecule has 3 nitrogen and oxygen atoms in total. The maximum absolute atomic E-state index is 13.0. The molecule has 108 valence electrons. The van der Waals surface area contributed by atoms with Crippen molar-refractivity contribution in [3.8, 4) is 0 Å². The van der Waals surface area contributed by atoms with E-state index in [0.717, 1.165) is 24.2 Å². The van der Waals surface area contributed by atoms with Gasteiger partial charge in [-0.05, 0) is 19.4 Å². The second-order valence-corrected chi connectivity index (χ2v) is 4.65. The molecule has 0 saturated carbocycles. The van der Waals surface area contributed by atoms with E-state index < -0.39 is 17.5 Å². The van der Waals surface area contributed by atoms with E-state index in [1.807, 2.05) is 16.9 Å². The minimum absolute atomic E-state index is 0.180. The van der Waals surface area contributed by atoms with Gasteiger partial charge < -0.3 is 5.32 Å². The van der Waals surface area contributed by atoms with Crippen molar-refractivity contribution >= 4 is 5.69 Å². The van der Waals surface area contributed by atoms with Gasteiger partial charge in [0.05, 0.1) is 12.2 Å². The van der Waals surface area contributed by atoms with Crippen LogP contribution in [0.3, 0.4) is 0 Å². The average molecular weight is 283 g/mol. The highest BCUT2D eigenvalue weighted by Gasteiger charge is 2.11. The molecule has 0 saturated heterocycles. The lowest BCUT2D eigenvalue weighted by molar-refractivity contribution is 0.447. The molecule has 20 heavy (non-hydrogen) atoms. The Kier molecular flexibility index (Phi) is 4.32. The van der Waals surface area contributed by atoms with Crippen molar-refractivity contribution in [2.24, 2.45) is 0 Å². The molecule has 2 aromatic rings. The Morgan fingerprint density at radius 3 is 2.50 bits per heavy atom. The zero-order chi connectivity index (χ0) is 14.7. The van der Waals surface area contributed by atoms with Crippen LogP contribution < -0.4 is 5.32 Å². The normalized spacial score (nSPS) is 12.4. The van der Waals surface area contributed by atoms with Gasteiger partial charge in [0.25, 0.3) is 0 Å². The van der Waals surface area contributed by atoms with Crippen LogP contribution in [0.25, 0.3) is 0 Å². The summed E-state index contributed by atoms with van der Waals surface area (Å²) < 4.78 is 40.7. The number of aromatic nitrogens is 2. The highest BCUT2D eigenvalue weighted by molar-refractivity contribution is 5.44. The lowest BCUT2D eigenvalue weighted by Gasteiger charge is -2.09. The summed E-state index contributed by atoms with van der Waals surface area (Å²) >= 11 is 0. The third-order valence-electron chi connectivity index (χ3n) is 3.16. The van der Waals surface area contributed by atoms with Crippen LogP contribution >= 0.6 is 0 Å². The van der Waals surface area contributed by atoms with Gasteiger partial charge in [-0.1, -0.05) is 6.92 Å². The summed E-state index contributed by atoms with van der Waals surface area (Å²) in [6, 6.07) is 3.97. The molecule has 2 rings (SSSR count). The largest absolute Gasteiger partial charge is 0.379 e. The van der Waals surface area contributed by atoms with Crippen molar-refractivity contribution in [3.63, 3.8) is 0 Å². The fraction of sp³-hybridized carbons (Fsp3) is 0.357. The van der Waals surface area contributed by atoms with Gasteiger partial charge in [0.1, 0.15) is 0 Å². The second-order valence-electron chi connectivity index (χ2n) is 4.65. The third-order valence-corrected chi connectivity index (χ3v) is 3.16. The maximum Gasteiger partial charge on any atom is 0.194 e. The van der Waals surface area contributed by atoms with Gasteiger partial charge in [0.15, 0.2) is 17.5 Å². The molecule has 1 atom stereocenters. The fourth-order valence-electron chi connectivity index (χ4n) is 1.75. The van der Waals surface area contributed by atoms with Gasteiger partial charge in [-0.25, -0.2) is 13.2 Å². The van der Waals surface area contributed by atoms with Crippen molar-refractivity contribution in [1.29, 1.82) is 0 Å². The van der Waals surface area contributed by atoms with Crippen LogP contribution in [0.4, 0.5) is 18.9 Å². The van der Waals surface area contributed by atoms with E-state index in [4.69, 9.17) is 0 Å². The summed E-state index contributed by atoms with van der Waals surface area (Å²) in [5.74, 6) is -3.88. The molecule has 0 radical (unpaired) electrons. The Balaban J connectivity index is 2.03. The Bertz CT molecular complexity index is 572. The number of hydrogen-bond acceptors (Lipinski definition) is 2. The van der Waals surface area contributed by atoms with E-state index in [1.165, 1.54) is 0 Å². The number of nitrogens with one attached hydrogen (secondary N) is 1. The van der Waals surface area contributed by atoms with Gasteiger partial charge in [0.2, 0.25) is 0 Å². The lowest BCUT2D eigenvalue weighted by atomic mass is 10.2. The first-order chi connectivity index (χ1) is 9.51. The third kappa shape index (κ3) is 3.12. The number of nitrogens with zero attached hydrogens (tertiary/aromatic N) is 2. The molecular formula is C14H16F3N3. The van der Waals surface area contributed by atoms with Crippen LogP contribution in [-0.4, -0.2) is 9.78 Å². The first-order valence-electron chi connectivity index (χ1n) is 6.43. The molecule has 1 N–H and O–H groups in total. The molecule has 0 spiro atoms. The number of benzene rings is 1. The van der Waals surface area contributed by atoms with E-state index >= 15 is 0 Å². The van der Waals surface area contributed by atoms with Crippen LogP contribution in [0.2, 0.25) is 0 Å². The predicted octanol–water partition coefficient (Wildman–Crippen LogP) is 3.88. The monoisotopic (exact) mass is 283 g/mol. The van der Waals surface area contributed by atoms with Crippen molar-refractivity contribution in [3.05, 3.63) is 47.5 Å². The highest BCUT2D eigenvalue weighted by Crippen LogP contribution is 2.18. The van der Waals surface area contributed by atoms with Crippen molar-refractivity contribution < 1.29 is 13.2 Å². The smallest absolute Gasteiger partial charge is 0.194 e. The predicted molar refractivity (Wildman–Crippen MR) is 70.9 cm³/mol. The molecule has 0 amide bonds. The summed E-state index contributed by atoms with van der Waals surface area (Å²) in [7, 11) is 0. The first kappa shape index (κ1) is 14.4. The van der Waals surface area contributed by atoms with Crippen LogP contribution in [0.5, 0.6) is 0 Å². The quantitative estimate of drug-likeness (QED) is 0.844. The molecule has 1 aromatic heterocycles. The first-order valence-corrected chi connectivity index (χ1v) is 6.43. The number of anilines is 1. The average Bonchev–Trinajstić information content (AvgIpc) is 2.90. The molecule has 6 heteroatoms. The molecular weight excluding hydrogens is 267 g/mol. The molecule has 0 aliphatic carbocycles. The van der Waals surface area contributed by atoms with Gasteiger partial charge in [0, 0.05) is 30.1 Å². The van der Waals surface area contributed by atoms with Crippen molar-refractivity contribution in [2.75, 3.05) is 5.32 Å². The zero-order valence-electron chi connectivity index (χ0n) is 11.3. The molecule has 0 fully saturated rings. The standard InChI is InChI=1S/C14H16F3N3/c1-3-9(2)20-5-4-10(19-20)8-18-11-6-12(15)14(17)13(16)7-11/h4-7,9,18H,3,8H2,1-2H3. The van der Waals surface area contributed by atoms with Gasteiger partial charge in [-0.2, -0.15) is 5.10 Å². The van der Waals surface area contributed by atoms with E-state index in [2.05, 4.69) is 24.3 Å². The Morgan fingerprint density at radius 1 is 1.25 bits per heavy atom. The van der Waals surface area contributed by atoms with E-state index in [9.17, 15) is 13.2 Å². The van der Waals surface area contributed by atoms with E-state index in [0.29, 0.717) is 12.6 Å². The summed E-state index contributed by atoms with van der Waals surface area (Å²) in [6.07, 6.45) is 2.82. The lowest BCUT2D eigenvalue weighted by Crippen LogP contribution is -2.07. The van der Waals surface area contributed by atoms with Crippen molar-refractivity contribution in [2.45, 2.75) is 32.9 Å². The minimum Gasteiger partial charge on any atom is -0.379 e. The number of rotatable bonds is 5. The number of hydrogen-bond donors (Lipinski definition) is 1. The fourth-order valence-corrected chi connectivity index (χ4v) is 1.75. The molecule has 0 bridgehead atoms.